The van der Waals surface area contributed by atoms with Gasteiger partial charge in [-0.15, -0.1) is 0 Å². The summed E-state index contributed by atoms with van der Waals surface area (Å²) >= 11 is 0. The first-order valence-electron chi connectivity index (χ1n) is 28.3. The van der Waals surface area contributed by atoms with Crippen LogP contribution in [-0.2, 0) is 14.3 Å². The Balaban J connectivity index is 3.43. The molecule has 0 aliphatic heterocycles. The van der Waals surface area contributed by atoms with Gasteiger partial charge in [-0.05, 0) is 25.7 Å². The van der Waals surface area contributed by atoms with Crippen molar-refractivity contribution in [2.24, 2.45) is 0 Å². The summed E-state index contributed by atoms with van der Waals surface area (Å²) in [6.07, 6.45) is 59.4. The monoisotopic (exact) mass is 878 g/mol. The Morgan fingerprint density at radius 1 is 0.387 bits per heavy atom. The lowest BCUT2D eigenvalue weighted by Gasteiger charge is -2.22. The first-order valence-corrected chi connectivity index (χ1v) is 28.3. The van der Waals surface area contributed by atoms with Crippen LogP contribution in [0.25, 0.3) is 0 Å². The Labute approximate surface area is 387 Å². The molecule has 3 N–H and O–H groups in total. The number of unbranched alkanes of at least 4 members (excludes halogenated alkanes) is 42. The fourth-order valence-electron chi connectivity index (χ4n) is 9.05. The number of nitrogens with one attached hydrogen (secondary N) is 1. The molecule has 1 amide bonds. The molecule has 0 bridgehead atoms. The van der Waals surface area contributed by atoms with E-state index in [9.17, 15) is 19.8 Å². The van der Waals surface area contributed by atoms with E-state index in [1.165, 1.54) is 238 Å². The second-order valence-electron chi connectivity index (χ2n) is 19.6. The zero-order chi connectivity index (χ0) is 45.1. The molecule has 0 aromatic heterocycles. The van der Waals surface area contributed by atoms with Gasteiger partial charge in [0.25, 0.3) is 0 Å². The minimum atomic E-state index is -0.670. The number of aliphatic hydroxyl groups is 2. The zero-order valence-electron chi connectivity index (χ0n) is 42.1. The lowest BCUT2D eigenvalue weighted by Crippen LogP contribution is -2.45. The fourth-order valence-corrected chi connectivity index (χ4v) is 9.05. The summed E-state index contributed by atoms with van der Waals surface area (Å²) < 4.78 is 5.47. The largest absolute Gasteiger partial charge is 0.466 e. The van der Waals surface area contributed by atoms with E-state index < -0.39 is 12.1 Å². The van der Waals surface area contributed by atoms with E-state index in [-0.39, 0.29) is 18.5 Å². The standard InChI is InChI=1S/C56H111NO5/c1-3-5-7-9-11-13-15-17-18-19-20-21-25-28-32-36-40-44-48-54(59)53(52-58)57-55(60)49-45-41-37-33-29-26-22-23-27-31-35-39-43-47-51-62-56(61)50-46-42-38-34-30-24-16-14-12-10-8-6-4-2/h53-54,58-59H,3-52H2,1-2H3,(H,57,60). The molecule has 370 valence electrons. The maximum absolute atomic E-state index is 12.5. The van der Waals surface area contributed by atoms with E-state index in [0.717, 1.165) is 51.4 Å². The van der Waals surface area contributed by atoms with Gasteiger partial charge in [-0.25, -0.2) is 0 Å². The number of esters is 1. The lowest BCUT2D eigenvalue weighted by atomic mass is 10.0. The maximum atomic E-state index is 12.5. The van der Waals surface area contributed by atoms with Crippen LogP contribution < -0.4 is 5.32 Å². The fraction of sp³-hybridized carbons (Fsp3) is 0.964. The van der Waals surface area contributed by atoms with E-state index in [0.29, 0.717) is 25.9 Å². The molecule has 0 radical (unpaired) electrons. The molecule has 6 nitrogen and oxygen atoms in total. The molecule has 6 heteroatoms. The minimum absolute atomic E-state index is 0.000444. The van der Waals surface area contributed by atoms with Crippen molar-refractivity contribution >= 4 is 11.9 Å². The van der Waals surface area contributed by atoms with Crippen molar-refractivity contribution in [1.82, 2.24) is 5.32 Å². The van der Waals surface area contributed by atoms with Gasteiger partial charge in [0.1, 0.15) is 0 Å². The smallest absolute Gasteiger partial charge is 0.305 e. The van der Waals surface area contributed by atoms with Gasteiger partial charge in [-0.1, -0.05) is 284 Å². The van der Waals surface area contributed by atoms with Gasteiger partial charge < -0.3 is 20.3 Å². The molecule has 0 aliphatic rings. The van der Waals surface area contributed by atoms with Crippen LogP contribution in [0.5, 0.6) is 0 Å². The molecule has 62 heavy (non-hydrogen) atoms. The van der Waals surface area contributed by atoms with E-state index in [1.54, 1.807) is 0 Å². The summed E-state index contributed by atoms with van der Waals surface area (Å²) in [6.45, 7) is 4.96. The van der Waals surface area contributed by atoms with Gasteiger partial charge in [-0.2, -0.15) is 0 Å². The second-order valence-corrected chi connectivity index (χ2v) is 19.6. The molecule has 0 rings (SSSR count). The Morgan fingerprint density at radius 2 is 0.661 bits per heavy atom. The Morgan fingerprint density at radius 3 is 0.984 bits per heavy atom. The van der Waals surface area contributed by atoms with Gasteiger partial charge in [0.05, 0.1) is 25.4 Å². The van der Waals surface area contributed by atoms with E-state index in [4.69, 9.17) is 4.74 Å². The van der Waals surface area contributed by atoms with Gasteiger partial charge in [0, 0.05) is 12.8 Å². The van der Waals surface area contributed by atoms with Crippen LogP contribution in [0.1, 0.15) is 322 Å². The average Bonchev–Trinajstić information content (AvgIpc) is 3.27. The Hall–Kier alpha value is -1.14. The average molecular weight is 879 g/mol. The SMILES string of the molecule is CCCCCCCCCCCCCCCCCCCCC(O)C(CO)NC(=O)CCCCCCCCCCCCCCCCOC(=O)CCCCCCCCCCCCCCC. The van der Waals surface area contributed by atoms with Gasteiger partial charge in [-0.3, -0.25) is 9.59 Å². The number of ether oxygens (including phenoxy) is 1. The quantitative estimate of drug-likeness (QED) is 0.0418. The normalized spacial score (nSPS) is 12.5. The van der Waals surface area contributed by atoms with Crippen molar-refractivity contribution < 1.29 is 24.5 Å². The van der Waals surface area contributed by atoms with Crippen LogP contribution in [-0.4, -0.2) is 47.4 Å². The summed E-state index contributed by atoms with van der Waals surface area (Å²) in [5.74, 6) is -0.0415. The van der Waals surface area contributed by atoms with Crippen LogP contribution in [0.4, 0.5) is 0 Å². The maximum Gasteiger partial charge on any atom is 0.305 e. The third kappa shape index (κ3) is 48.3. The highest BCUT2D eigenvalue weighted by Crippen LogP contribution is 2.18. The van der Waals surface area contributed by atoms with Crippen LogP contribution in [0.15, 0.2) is 0 Å². The molecule has 0 saturated heterocycles. The van der Waals surface area contributed by atoms with E-state index in [2.05, 4.69) is 19.2 Å². The molecule has 0 saturated carbocycles. The Bertz CT molecular complexity index is 882. The van der Waals surface area contributed by atoms with Crippen molar-refractivity contribution in [3.63, 3.8) is 0 Å². The summed E-state index contributed by atoms with van der Waals surface area (Å²) in [5.41, 5.74) is 0. The predicted octanol–water partition coefficient (Wildman–Crippen LogP) is 17.1. The molecule has 0 aromatic carbocycles. The van der Waals surface area contributed by atoms with Crippen LogP contribution in [0, 0.1) is 0 Å². The van der Waals surface area contributed by atoms with Crippen LogP contribution in [0.3, 0.4) is 0 Å². The molecule has 0 heterocycles. The molecule has 0 aliphatic carbocycles. The summed E-state index contributed by atoms with van der Waals surface area (Å²) in [5, 5.41) is 23.3. The summed E-state index contributed by atoms with van der Waals surface area (Å²) in [6, 6.07) is -0.548. The number of aliphatic hydroxyl groups excluding tert-OH is 2. The zero-order valence-corrected chi connectivity index (χ0v) is 42.1. The third-order valence-electron chi connectivity index (χ3n) is 13.4. The summed E-state index contributed by atoms with van der Waals surface area (Å²) in [4.78, 5) is 24.5. The second kappa shape index (κ2) is 52.5. The van der Waals surface area contributed by atoms with Crippen molar-refractivity contribution in [3.05, 3.63) is 0 Å². The number of carbonyl (C=O) groups excluding carboxylic acids is 2. The van der Waals surface area contributed by atoms with Crippen LogP contribution in [0.2, 0.25) is 0 Å². The number of hydrogen-bond donors (Lipinski definition) is 3. The number of hydrogen-bond acceptors (Lipinski definition) is 5. The first kappa shape index (κ1) is 60.9. The highest BCUT2D eigenvalue weighted by Gasteiger charge is 2.20. The molecule has 0 fully saturated rings. The third-order valence-corrected chi connectivity index (χ3v) is 13.4. The number of carbonyl (C=O) groups is 2. The van der Waals surface area contributed by atoms with Crippen molar-refractivity contribution in [3.8, 4) is 0 Å². The van der Waals surface area contributed by atoms with E-state index in [1.807, 2.05) is 0 Å². The molecule has 2 atom stereocenters. The van der Waals surface area contributed by atoms with E-state index >= 15 is 0 Å². The van der Waals surface area contributed by atoms with Gasteiger partial charge in [0.15, 0.2) is 0 Å². The highest BCUT2D eigenvalue weighted by atomic mass is 16.5. The molecular weight excluding hydrogens is 767 g/mol. The van der Waals surface area contributed by atoms with Crippen LogP contribution >= 0.6 is 0 Å². The molecule has 2 unspecified atom stereocenters. The van der Waals surface area contributed by atoms with Gasteiger partial charge in [0.2, 0.25) is 5.91 Å². The molecular formula is C56H111NO5. The first-order chi connectivity index (χ1) is 30.5. The van der Waals surface area contributed by atoms with Crippen molar-refractivity contribution in [2.75, 3.05) is 13.2 Å². The molecule has 0 aromatic rings. The molecule has 0 spiro atoms. The summed E-state index contributed by atoms with van der Waals surface area (Å²) in [7, 11) is 0. The topological polar surface area (TPSA) is 95.9 Å². The van der Waals surface area contributed by atoms with Crippen molar-refractivity contribution in [1.29, 1.82) is 0 Å². The Kier molecular flexibility index (Phi) is 51.5. The highest BCUT2D eigenvalue weighted by molar-refractivity contribution is 5.76. The number of amides is 1. The van der Waals surface area contributed by atoms with Crippen molar-refractivity contribution in [2.45, 2.75) is 334 Å². The lowest BCUT2D eigenvalue weighted by molar-refractivity contribution is -0.143. The van der Waals surface area contributed by atoms with Gasteiger partial charge >= 0.3 is 5.97 Å². The predicted molar refractivity (Wildman–Crippen MR) is 269 cm³/mol. The number of rotatable bonds is 53. The minimum Gasteiger partial charge on any atom is -0.466 e.